The van der Waals surface area contributed by atoms with Gasteiger partial charge in [0.05, 0.1) is 43.5 Å². The van der Waals surface area contributed by atoms with Crippen LogP contribution in [-0.2, 0) is 6.42 Å². The maximum absolute atomic E-state index is 14.8. The lowest BCUT2D eigenvalue weighted by Crippen LogP contribution is -2.58. The number of quaternary nitrogens is 1. The molecule has 6 rings (SSSR count). The number of benzene rings is 2. The van der Waals surface area contributed by atoms with Crippen LogP contribution in [0.4, 0.5) is 26.3 Å². The van der Waals surface area contributed by atoms with Crippen molar-refractivity contribution in [1.29, 1.82) is 0 Å². The predicted octanol–water partition coefficient (Wildman–Crippen LogP) is 6.03. The molecule has 1 fully saturated rings. The van der Waals surface area contributed by atoms with Gasteiger partial charge in [0, 0.05) is 30.1 Å². The summed E-state index contributed by atoms with van der Waals surface area (Å²) in [5, 5.41) is 34.9. The Morgan fingerprint density at radius 3 is 2.61 bits per heavy atom. The van der Waals surface area contributed by atoms with Gasteiger partial charge in [0.2, 0.25) is 0 Å². The van der Waals surface area contributed by atoms with E-state index in [1.807, 2.05) is 61.2 Å². The Morgan fingerprint density at radius 2 is 1.89 bits per heavy atom. The lowest BCUT2D eigenvalue weighted by molar-refractivity contribution is -0.916. The van der Waals surface area contributed by atoms with E-state index in [2.05, 4.69) is 56.3 Å². The Balaban J connectivity index is 1.16. The van der Waals surface area contributed by atoms with Crippen LogP contribution in [-0.4, -0.2) is 137 Å². The van der Waals surface area contributed by atoms with Gasteiger partial charge in [-0.25, -0.2) is 19.2 Å². The summed E-state index contributed by atoms with van der Waals surface area (Å²) in [7, 11) is 8.16. The zero-order valence-electron chi connectivity index (χ0n) is 33.2. The lowest BCUT2D eigenvalue weighted by Gasteiger charge is -2.42. The van der Waals surface area contributed by atoms with Gasteiger partial charge in [0.1, 0.15) is 12.6 Å². The number of rotatable bonds is 17. The summed E-state index contributed by atoms with van der Waals surface area (Å²) in [4.78, 5) is 28.4. The van der Waals surface area contributed by atoms with Crippen molar-refractivity contribution in [2.75, 3.05) is 90.8 Å². The zero-order valence-corrected chi connectivity index (χ0v) is 34.8. The van der Waals surface area contributed by atoms with Gasteiger partial charge < -0.3 is 29.6 Å². The number of nitrogens with one attached hydrogen (secondary N) is 1. The normalized spacial score (nSPS) is 14.7. The maximum atomic E-state index is 14.8. The third-order valence-electron chi connectivity index (χ3n) is 9.87. The molecule has 0 amide bonds. The number of carbonyl (C=O) groups is 1. The third kappa shape index (κ3) is 11.4. The number of aliphatic hydroxyl groups is 1. The number of carboxylic acids is 1. The van der Waals surface area contributed by atoms with Gasteiger partial charge >= 0.3 is 5.97 Å². The van der Waals surface area contributed by atoms with E-state index >= 15 is 0 Å². The Morgan fingerprint density at radius 1 is 1.11 bits per heavy atom. The molecule has 1 aliphatic heterocycles. The van der Waals surface area contributed by atoms with Crippen molar-refractivity contribution in [1.82, 2.24) is 30.0 Å². The number of aliphatic hydroxyl groups excluding tert-OH is 1. The molecule has 0 saturated carbocycles. The molecule has 16 heteroatoms. The number of fused-ring (bicyclic) bond motifs is 1. The van der Waals surface area contributed by atoms with Crippen molar-refractivity contribution in [2.45, 2.75) is 38.7 Å². The second-order valence-electron chi connectivity index (χ2n) is 15.1. The van der Waals surface area contributed by atoms with E-state index in [0.717, 1.165) is 46.4 Å². The number of nitrogens with zero attached hydrogens (tertiary/aromatic N) is 8. The van der Waals surface area contributed by atoms with Crippen LogP contribution >= 0.6 is 22.7 Å². The van der Waals surface area contributed by atoms with Crippen LogP contribution in [0.3, 0.4) is 0 Å². The van der Waals surface area contributed by atoms with Crippen molar-refractivity contribution >= 4 is 60.8 Å². The number of piperazine rings is 1. The highest BCUT2D eigenvalue weighted by Crippen LogP contribution is 2.34. The molecule has 4 heterocycles. The fraction of sp³-hybridized carbons (Fsp3) is 0.439. The number of aryl methyl sites for hydroxylation is 2. The van der Waals surface area contributed by atoms with Gasteiger partial charge in [-0.3, -0.25) is 9.80 Å². The summed E-state index contributed by atoms with van der Waals surface area (Å²) in [5.41, 5.74) is 2.24. The number of anilines is 4. The monoisotopic (exact) mass is 816 g/mol. The molecular weight excluding hydrogens is 766 g/mol. The minimum atomic E-state index is -1.14. The molecular formula is C41H51FN9O4S2+. The van der Waals surface area contributed by atoms with Crippen LogP contribution in [0, 0.1) is 24.6 Å². The molecule has 1 unspecified atom stereocenters. The summed E-state index contributed by atoms with van der Waals surface area (Å²) < 4.78 is 22.4. The summed E-state index contributed by atoms with van der Waals surface area (Å²) in [6.07, 6.45) is 1.49. The SMILES string of the molecule is Cc1cc(N(CCCC(O)C[N+]2(C)CCN(C)CC2)c2nc(C(=O)O)c(CCCOc3ccc(C#CCN(C)C)cc3F)s2)nnc1Nc1nc2ccccc2s1. The number of likely N-dealkylation sites (N-methyl/N-ethyl adjacent to an activating group) is 2. The number of para-hydroxylation sites is 1. The van der Waals surface area contributed by atoms with E-state index in [9.17, 15) is 19.4 Å². The molecule has 1 atom stereocenters. The molecule has 2 aromatic carbocycles. The Bertz CT molecular complexity index is 2180. The van der Waals surface area contributed by atoms with Crippen molar-refractivity contribution in [3.8, 4) is 17.6 Å². The average Bonchev–Trinajstić information content (AvgIpc) is 3.79. The van der Waals surface area contributed by atoms with Gasteiger partial charge in [0.25, 0.3) is 0 Å². The Labute approximate surface area is 341 Å². The fourth-order valence-corrected chi connectivity index (χ4v) is 8.57. The highest BCUT2D eigenvalue weighted by molar-refractivity contribution is 7.22. The van der Waals surface area contributed by atoms with Gasteiger partial charge in [-0.15, -0.1) is 21.5 Å². The van der Waals surface area contributed by atoms with E-state index in [4.69, 9.17) is 4.74 Å². The van der Waals surface area contributed by atoms with Crippen LogP contribution in [0.25, 0.3) is 10.2 Å². The van der Waals surface area contributed by atoms with E-state index < -0.39 is 17.9 Å². The average molecular weight is 817 g/mol. The Hall–Kier alpha value is -4.76. The van der Waals surface area contributed by atoms with E-state index in [1.165, 1.54) is 28.7 Å². The molecule has 5 aromatic rings. The first-order valence-electron chi connectivity index (χ1n) is 19.1. The molecule has 13 nitrogen and oxygen atoms in total. The van der Waals surface area contributed by atoms with Crippen molar-refractivity contribution < 1.29 is 28.6 Å². The first-order valence-corrected chi connectivity index (χ1v) is 20.7. The quantitative estimate of drug-likeness (QED) is 0.0574. The summed E-state index contributed by atoms with van der Waals surface area (Å²) in [5.74, 6) is 5.49. The van der Waals surface area contributed by atoms with Crippen molar-refractivity contribution in [2.24, 2.45) is 0 Å². The van der Waals surface area contributed by atoms with Gasteiger partial charge in [-0.1, -0.05) is 35.3 Å². The smallest absolute Gasteiger partial charge is 0.355 e. The number of aromatic carboxylic acids is 1. The second-order valence-corrected chi connectivity index (χ2v) is 17.1. The number of hydrogen-bond acceptors (Lipinski definition) is 13. The van der Waals surface area contributed by atoms with Gasteiger partial charge in [-0.2, -0.15) is 0 Å². The van der Waals surface area contributed by atoms with Crippen molar-refractivity contribution in [3.63, 3.8) is 0 Å². The minimum Gasteiger partial charge on any atom is -0.491 e. The molecule has 0 spiro atoms. The largest absolute Gasteiger partial charge is 0.491 e. The van der Waals surface area contributed by atoms with Crippen LogP contribution in [0.5, 0.6) is 5.75 Å². The number of thiazole rings is 2. The first kappa shape index (κ1) is 41.9. The van der Waals surface area contributed by atoms with Crippen molar-refractivity contribution in [3.05, 3.63) is 76.0 Å². The number of aromatic nitrogens is 4. The van der Waals surface area contributed by atoms with Gasteiger partial charge in [-0.05, 0) is 95.7 Å². The Kier molecular flexibility index (Phi) is 14.0. The molecule has 57 heavy (non-hydrogen) atoms. The molecule has 3 N–H and O–H groups in total. The van der Waals surface area contributed by atoms with E-state index in [1.54, 1.807) is 12.1 Å². The van der Waals surface area contributed by atoms with Crippen LogP contribution in [0.1, 0.15) is 45.8 Å². The van der Waals surface area contributed by atoms with E-state index in [-0.39, 0.29) is 18.1 Å². The first-order chi connectivity index (χ1) is 27.4. The molecule has 1 aliphatic rings. The predicted molar refractivity (Wildman–Crippen MR) is 225 cm³/mol. The molecule has 0 bridgehead atoms. The zero-order chi connectivity index (χ0) is 40.5. The highest BCUT2D eigenvalue weighted by Gasteiger charge is 2.30. The standard InChI is InChI=1S/C41H50FN9O4S2/c1-28-25-36(46-47-38(28)45-40-43-32-13-6-7-14-34(32)56-40)50(19-9-12-30(52)27-51(5)22-20-49(4)21-23-51)41-44-37(39(53)54)35(57-41)15-10-24-55-33-17-16-29(26-31(33)42)11-8-18-48(2)3/h6-7,13-14,16-17,25-26,30,52H,9-10,12,15,18-24,27H2,1-5H3,(H-,43,45,47,53,54)/p+1. The molecule has 302 valence electrons. The summed E-state index contributed by atoms with van der Waals surface area (Å²) >= 11 is 2.80. The van der Waals surface area contributed by atoms with Crippen LogP contribution in [0.15, 0.2) is 48.5 Å². The molecule has 3 aromatic heterocycles. The topological polar surface area (TPSA) is 140 Å². The number of hydrogen-bond donors (Lipinski definition) is 3. The van der Waals surface area contributed by atoms with Crippen LogP contribution in [0.2, 0.25) is 0 Å². The van der Waals surface area contributed by atoms with E-state index in [0.29, 0.717) is 77.7 Å². The summed E-state index contributed by atoms with van der Waals surface area (Å²) in [6, 6.07) is 14.4. The van der Waals surface area contributed by atoms with Gasteiger partial charge in [0.15, 0.2) is 39.2 Å². The lowest BCUT2D eigenvalue weighted by atomic mass is 10.1. The maximum Gasteiger partial charge on any atom is 0.355 e. The highest BCUT2D eigenvalue weighted by atomic mass is 32.1. The molecule has 0 aliphatic carbocycles. The minimum absolute atomic E-state index is 0.0434. The number of ether oxygens (including phenoxy) is 1. The van der Waals surface area contributed by atoms with Crippen LogP contribution < -0.4 is 15.0 Å². The third-order valence-corrected chi connectivity index (χ3v) is 12.0. The number of carboxylic acid groups (broad SMARTS) is 1. The molecule has 1 saturated heterocycles. The number of halogens is 1. The fourth-order valence-electron chi connectivity index (χ4n) is 6.58. The molecule has 0 radical (unpaired) electrons. The second kappa shape index (κ2) is 19.1. The summed E-state index contributed by atoms with van der Waals surface area (Å²) in [6.45, 7) is 7.77.